The zero-order valence-corrected chi connectivity index (χ0v) is 20.7. The first-order valence-corrected chi connectivity index (χ1v) is 11.5. The topological polar surface area (TPSA) is 122 Å². The van der Waals surface area contributed by atoms with E-state index < -0.39 is 12.2 Å². The molecule has 186 valence electrons. The largest absolute Gasteiger partial charge is 0.503 e. The van der Waals surface area contributed by atoms with Gasteiger partial charge in [-0.1, -0.05) is 74.5 Å². The Morgan fingerprint density at radius 1 is 1.00 bits per heavy atom. The SMILES string of the molecule is Cc1onc(-c2ccc(-c3ccc(C4CC4)cc3)cc2)c1NC(=O)O[C@H](C)C(C)(C)C.O=C(O)O. The summed E-state index contributed by atoms with van der Waals surface area (Å²) >= 11 is 0. The van der Waals surface area contributed by atoms with Gasteiger partial charge in [0.05, 0.1) is 0 Å². The molecular weight excluding hydrogens is 448 g/mol. The van der Waals surface area contributed by atoms with Crippen molar-refractivity contribution >= 4 is 17.9 Å². The summed E-state index contributed by atoms with van der Waals surface area (Å²) in [7, 11) is 0. The number of ether oxygens (including phenoxy) is 1. The Hall–Kier alpha value is -3.81. The second-order valence-corrected chi connectivity index (χ2v) is 9.76. The van der Waals surface area contributed by atoms with Crippen LogP contribution in [0.5, 0.6) is 0 Å². The number of hydrogen-bond donors (Lipinski definition) is 3. The molecule has 1 heterocycles. The molecular formula is C27H32N2O6. The minimum absolute atomic E-state index is 0.142. The third-order valence-electron chi connectivity index (χ3n) is 6.04. The molecule has 3 N–H and O–H groups in total. The number of carbonyl (C=O) groups is 2. The van der Waals surface area contributed by atoms with Gasteiger partial charge in [0.2, 0.25) is 0 Å². The number of rotatable bonds is 5. The minimum atomic E-state index is -1.83. The fourth-order valence-corrected chi connectivity index (χ4v) is 3.37. The molecule has 2 aromatic carbocycles. The van der Waals surface area contributed by atoms with Gasteiger partial charge in [-0.15, -0.1) is 0 Å². The Kier molecular flexibility index (Phi) is 7.84. The van der Waals surface area contributed by atoms with Gasteiger partial charge in [-0.2, -0.15) is 0 Å². The molecule has 0 unspecified atom stereocenters. The summed E-state index contributed by atoms with van der Waals surface area (Å²) in [4.78, 5) is 21.0. The normalized spacial score (nSPS) is 13.9. The average Bonchev–Trinajstić information content (AvgIpc) is 3.57. The molecule has 1 aliphatic carbocycles. The summed E-state index contributed by atoms with van der Waals surface area (Å²) in [6, 6.07) is 16.9. The van der Waals surface area contributed by atoms with Crippen LogP contribution in [-0.4, -0.2) is 33.7 Å². The van der Waals surface area contributed by atoms with Gasteiger partial charge in [-0.25, -0.2) is 9.59 Å². The lowest BCUT2D eigenvalue weighted by Crippen LogP contribution is -2.30. The number of nitrogens with one attached hydrogen (secondary N) is 1. The zero-order valence-electron chi connectivity index (χ0n) is 20.7. The third-order valence-corrected chi connectivity index (χ3v) is 6.04. The maximum absolute atomic E-state index is 12.4. The van der Waals surface area contributed by atoms with Crippen LogP contribution in [0.1, 0.15) is 57.8 Å². The maximum atomic E-state index is 12.4. The maximum Gasteiger partial charge on any atom is 0.503 e. The number of aromatic nitrogens is 1. The number of amides is 1. The molecule has 0 bridgehead atoms. The van der Waals surface area contributed by atoms with Gasteiger partial charge in [-0.05, 0) is 54.7 Å². The van der Waals surface area contributed by atoms with E-state index in [1.165, 1.54) is 24.0 Å². The van der Waals surface area contributed by atoms with Gasteiger partial charge in [0.1, 0.15) is 17.5 Å². The molecule has 0 aliphatic heterocycles. The van der Waals surface area contributed by atoms with Crippen molar-refractivity contribution in [3.8, 4) is 22.4 Å². The highest BCUT2D eigenvalue weighted by atomic mass is 16.6. The Labute approximate surface area is 204 Å². The van der Waals surface area contributed by atoms with E-state index >= 15 is 0 Å². The fraction of sp³-hybridized carbons (Fsp3) is 0.370. The number of anilines is 1. The molecule has 1 fully saturated rings. The van der Waals surface area contributed by atoms with Crippen LogP contribution in [0, 0.1) is 12.3 Å². The Morgan fingerprint density at radius 2 is 1.49 bits per heavy atom. The van der Waals surface area contributed by atoms with E-state index in [2.05, 4.69) is 46.9 Å². The van der Waals surface area contributed by atoms with E-state index in [0.717, 1.165) is 17.0 Å². The molecule has 0 radical (unpaired) electrons. The number of carboxylic acid groups (broad SMARTS) is 2. The number of aryl methyl sites for hydroxylation is 1. The summed E-state index contributed by atoms with van der Waals surface area (Å²) in [5.41, 5.74) is 5.61. The first-order chi connectivity index (χ1) is 16.5. The zero-order chi connectivity index (χ0) is 25.8. The highest BCUT2D eigenvalue weighted by molar-refractivity contribution is 5.91. The van der Waals surface area contributed by atoms with Gasteiger partial charge in [0.15, 0.2) is 5.76 Å². The Morgan fingerprint density at radius 3 is 1.97 bits per heavy atom. The van der Waals surface area contributed by atoms with Crippen molar-refractivity contribution in [2.45, 2.75) is 59.5 Å². The lowest BCUT2D eigenvalue weighted by atomic mass is 9.90. The molecule has 1 aliphatic rings. The van der Waals surface area contributed by atoms with Crippen molar-refractivity contribution in [2.75, 3.05) is 5.32 Å². The summed E-state index contributed by atoms with van der Waals surface area (Å²) < 4.78 is 10.9. The number of hydrogen-bond acceptors (Lipinski definition) is 5. The Balaban J connectivity index is 0.000000795. The van der Waals surface area contributed by atoms with Crippen LogP contribution in [0.4, 0.5) is 15.3 Å². The molecule has 8 heteroatoms. The second-order valence-electron chi connectivity index (χ2n) is 9.76. The van der Waals surface area contributed by atoms with Crippen LogP contribution in [-0.2, 0) is 4.74 Å². The molecule has 1 atom stereocenters. The van der Waals surface area contributed by atoms with Crippen molar-refractivity contribution in [1.29, 1.82) is 0 Å². The van der Waals surface area contributed by atoms with E-state index in [1.54, 1.807) is 6.92 Å². The lowest BCUT2D eigenvalue weighted by Gasteiger charge is -2.26. The van der Waals surface area contributed by atoms with E-state index in [1.807, 2.05) is 39.8 Å². The standard InChI is InChI=1S/C26H30N2O3.CH2O3/c1-16-23(27-25(29)30-17(2)26(3,4)5)24(28-31-16)22-14-12-21(13-15-22)20-10-8-19(9-11-20)18-6-7-18;2-1(3)4/h8-15,17-18H,6-7H2,1-5H3,(H,27,29);(H2,2,3,4)/t17-;/m1./s1. The van der Waals surface area contributed by atoms with Crippen LogP contribution >= 0.6 is 0 Å². The molecule has 3 aromatic rings. The van der Waals surface area contributed by atoms with E-state index in [4.69, 9.17) is 24.3 Å². The highest BCUT2D eigenvalue weighted by Crippen LogP contribution is 2.40. The number of carbonyl (C=O) groups excluding carboxylic acids is 1. The molecule has 0 spiro atoms. The Bertz CT molecular complexity index is 1150. The predicted molar refractivity (Wildman–Crippen MR) is 134 cm³/mol. The van der Waals surface area contributed by atoms with E-state index in [9.17, 15) is 4.79 Å². The molecule has 0 saturated heterocycles. The van der Waals surface area contributed by atoms with Crippen LogP contribution in [0.2, 0.25) is 0 Å². The van der Waals surface area contributed by atoms with Gasteiger partial charge < -0.3 is 19.5 Å². The summed E-state index contributed by atoms with van der Waals surface area (Å²) in [6.45, 7) is 9.75. The minimum Gasteiger partial charge on any atom is -0.450 e. The first-order valence-electron chi connectivity index (χ1n) is 11.5. The van der Waals surface area contributed by atoms with Crippen LogP contribution in [0.15, 0.2) is 53.1 Å². The quantitative estimate of drug-likeness (QED) is 0.348. The van der Waals surface area contributed by atoms with Crippen molar-refractivity contribution in [1.82, 2.24) is 5.16 Å². The van der Waals surface area contributed by atoms with Gasteiger partial charge >= 0.3 is 12.2 Å². The molecule has 1 amide bonds. The monoisotopic (exact) mass is 480 g/mol. The van der Waals surface area contributed by atoms with Crippen LogP contribution in [0.25, 0.3) is 22.4 Å². The van der Waals surface area contributed by atoms with Crippen molar-refractivity contribution in [3.05, 3.63) is 59.9 Å². The third kappa shape index (κ3) is 7.09. The average molecular weight is 481 g/mol. The molecule has 35 heavy (non-hydrogen) atoms. The predicted octanol–water partition coefficient (Wildman–Crippen LogP) is 7.40. The van der Waals surface area contributed by atoms with E-state index in [-0.39, 0.29) is 11.5 Å². The van der Waals surface area contributed by atoms with Crippen molar-refractivity contribution < 1.29 is 29.1 Å². The van der Waals surface area contributed by atoms with Crippen LogP contribution < -0.4 is 5.32 Å². The van der Waals surface area contributed by atoms with Gasteiger partial charge in [-0.3, -0.25) is 5.32 Å². The lowest BCUT2D eigenvalue weighted by molar-refractivity contribution is 0.0527. The van der Waals surface area contributed by atoms with Crippen molar-refractivity contribution in [2.24, 2.45) is 5.41 Å². The molecule has 4 rings (SSSR count). The number of nitrogens with zero attached hydrogens (tertiary/aromatic N) is 1. The summed E-state index contributed by atoms with van der Waals surface area (Å²) in [6.07, 6.45) is 0.0398. The van der Waals surface area contributed by atoms with E-state index in [0.29, 0.717) is 17.1 Å². The summed E-state index contributed by atoms with van der Waals surface area (Å²) in [5.74, 6) is 1.30. The number of benzene rings is 2. The molecule has 8 nitrogen and oxygen atoms in total. The molecule has 1 saturated carbocycles. The van der Waals surface area contributed by atoms with Gasteiger partial charge in [0, 0.05) is 5.56 Å². The first kappa shape index (κ1) is 25.8. The van der Waals surface area contributed by atoms with Crippen molar-refractivity contribution in [3.63, 3.8) is 0 Å². The van der Waals surface area contributed by atoms with Gasteiger partial charge in [0.25, 0.3) is 0 Å². The fourth-order valence-electron chi connectivity index (χ4n) is 3.37. The smallest absolute Gasteiger partial charge is 0.450 e. The summed E-state index contributed by atoms with van der Waals surface area (Å²) in [5, 5.41) is 20.9. The highest BCUT2D eigenvalue weighted by Gasteiger charge is 2.26. The molecule has 1 aromatic heterocycles. The van der Waals surface area contributed by atoms with Crippen LogP contribution in [0.3, 0.4) is 0 Å². The second kappa shape index (κ2) is 10.6.